The smallest absolute Gasteiger partial charge is 0.164 e. The molecule has 0 spiro atoms. The quantitative estimate of drug-likeness (QED) is 0.191. The maximum absolute atomic E-state index is 7.02. The molecule has 0 saturated carbocycles. The first kappa shape index (κ1) is 28.3. The van der Waals surface area contributed by atoms with E-state index < -0.39 is 0 Å². The van der Waals surface area contributed by atoms with Gasteiger partial charge < -0.3 is 8.98 Å². The number of para-hydroxylation sites is 4. The molecule has 0 unspecified atom stereocenters. The highest BCUT2D eigenvalue weighted by Gasteiger charge is 2.37. The normalized spacial score (nSPS) is 13.5. The van der Waals surface area contributed by atoms with E-state index in [0.29, 0.717) is 5.82 Å². The monoisotopic (exact) mass is 653 g/mol. The fraction of sp³-hybridized carbons (Fsp3) is 0.0638. The van der Waals surface area contributed by atoms with E-state index in [2.05, 4.69) is 170 Å². The summed E-state index contributed by atoms with van der Waals surface area (Å²) >= 11 is 0. The Balaban J connectivity index is 1.19. The van der Waals surface area contributed by atoms with E-state index in [-0.39, 0.29) is 5.41 Å². The van der Waals surface area contributed by atoms with Crippen molar-refractivity contribution in [2.75, 3.05) is 0 Å². The predicted molar refractivity (Wildman–Crippen MR) is 210 cm³/mol. The van der Waals surface area contributed by atoms with Crippen LogP contribution in [0.15, 0.2) is 156 Å². The number of hydrogen-bond acceptors (Lipinski definition) is 3. The van der Waals surface area contributed by atoms with E-state index in [1.54, 1.807) is 0 Å². The molecule has 0 fully saturated rings. The van der Waals surface area contributed by atoms with Crippen LogP contribution in [0.25, 0.3) is 94.1 Å². The van der Waals surface area contributed by atoms with E-state index in [9.17, 15) is 0 Å². The lowest BCUT2D eigenvalue weighted by molar-refractivity contribution is 0.660. The molecule has 0 saturated heterocycles. The largest absolute Gasteiger partial charge is 0.455 e. The summed E-state index contributed by atoms with van der Waals surface area (Å²) in [5.74, 6) is 0.652. The fourth-order valence-electron chi connectivity index (χ4n) is 8.69. The Morgan fingerprint density at radius 3 is 2.06 bits per heavy atom. The van der Waals surface area contributed by atoms with Crippen molar-refractivity contribution in [2.45, 2.75) is 19.3 Å². The van der Waals surface area contributed by atoms with Gasteiger partial charge in [0.1, 0.15) is 11.2 Å². The number of hydrogen-bond donors (Lipinski definition) is 0. The third-order valence-electron chi connectivity index (χ3n) is 11.0. The lowest BCUT2D eigenvalue weighted by Crippen LogP contribution is -2.14. The Morgan fingerprint density at radius 2 is 1.16 bits per heavy atom. The molecule has 7 aromatic carbocycles. The molecule has 3 aromatic heterocycles. The first-order valence-corrected chi connectivity index (χ1v) is 17.5. The van der Waals surface area contributed by atoms with Gasteiger partial charge in [0.15, 0.2) is 5.82 Å². The minimum Gasteiger partial charge on any atom is -0.455 e. The van der Waals surface area contributed by atoms with Crippen LogP contribution in [-0.2, 0) is 5.41 Å². The maximum Gasteiger partial charge on any atom is 0.164 e. The summed E-state index contributed by atoms with van der Waals surface area (Å²) in [6.45, 7) is 4.64. The first-order valence-electron chi connectivity index (χ1n) is 17.5. The predicted octanol–water partition coefficient (Wildman–Crippen LogP) is 12.3. The molecule has 10 aromatic rings. The van der Waals surface area contributed by atoms with Crippen molar-refractivity contribution in [3.8, 4) is 39.5 Å². The van der Waals surface area contributed by atoms with Crippen molar-refractivity contribution < 1.29 is 4.42 Å². The van der Waals surface area contributed by atoms with Crippen LogP contribution in [0, 0.1) is 0 Å². The summed E-state index contributed by atoms with van der Waals surface area (Å²) in [6, 6.07) is 53.7. The number of aromatic nitrogens is 3. The van der Waals surface area contributed by atoms with Gasteiger partial charge in [0.25, 0.3) is 0 Å². The molecule has 0 amide bonds. The third-order valence-corrected chi connectivity index (χ3v) is 11.0. The summed E-state index contributed by atoms with van der Waals surface area (Å²) in [4.78, 5) is 10.6. The van der Waals surface area contributed by atoms with Gasteiger partial charge in [0, 0.05) is 38.2 Å². The van der Waals surface area contributed by atoms with Gasteiger partial charge in [0.2, 0.25) is 0 Å². The molecule has 0 aliphatic heterocycles. The molecule has 0 atom stereocenters. The third kappa shape index (κ3) is 3.85. The van der Waals surface area contributed by atoms with Crippen LogP contribution in [0.3, 0.4) is 0 Å². The molecule has 51 heavy (non-hydrogen) atoms. The highest BCUT2D eigenvalue weighted by atomic mass is 16.3. The number of benzene rings is 7. The topological polar surface area (TPSA) is 43.9 Å². The van der Waals surface area contributed by atoms with Gasteiger partial charge in [-0.05, 0) is 64.7 Å². The van der Waals surface area contributed by atoms with Gasteiger partial charge in [0.05, 0.1) is 33.2 Å². The summed E-state index contributed by atoms with van der Waals surface area (Å²) in [5.41, 5.74) is 14.0. The lowest BCUT2D eigenvalue weighted by Gasteiger charge is -2.21. The van der Waals surface area contributed by atoms with Gasteiger partial charge in [-0.1, -0.05) is 123 Å². The van der Waals surface area contributed by atoms with Crippen LogP contribution in [0.5, 0.6) is 0 Å². The zero-order chi connectivity index (χ0) is 33.8. The highest BCUT2D eigenvalue weighted by Crippen LogP contribution is 2.52. The first-order chi connectivity index (χ1) is 25.1. The zero-order valence-corrected chi connectivity index (χ0v) is 28.2. The Morgan fingerprint density at radius 1 is 0.490 bits per heavy atom. The molecule has 0 bridgehead atoms. The standard InChI is InChI=1S/C47H31N3O/c1-47(2)36-22-9-6-16-31(36)41-34(20-13-23-37(41)47)43-32-17-7-10-24-38(32)48-46(49-43)35-21-12-19-29-30-26-27-40-42(45(30)51-44(29)35)33-18-8-11-25-39(33)50(40)28-14-4-3-5-15-28/h3-27H,1-2H3. The highest BCUT2D eigenvalue weighted by molar-refractivity contribution is 6.24. The van der Waals surface area contributed by atoms with Crippen molar-refractivity contribution >= 4 is 54.6 Å². The van der Waals surface area contributed by atoms with Gasteiger partial charge in [-0.2, -0.15) is 0 Å². The van der Waals surface area contributed by atoms with Crippen molar-refractivity contribution in [1.29, 1.82) is 0 Å². The van der Waals surface area contributed by atoms with Gasteiger partial charge in [-0.25, -0.2) is 9.97 Å². The molecule has 4 nitrogen and oxygen atoms in total. The SMILES string of the molecule is CC1(C)c2ccccc2-c2c(-c3nc(-c4cccc5c4oc4c5ccc5c4c4ccccc4n5-c4ccccc4)nc4ccccc34)cccc21. The Bertz CT molecular complexity index is 3060. The summed E-state index contributed by atoms with van der Waals surface area (Å²) in [5, 5.41) is 5.43. The van der Waals surface area contributed by atoms with Crippen molar-refractivity contribution in [2.24, 2.45) is 0 Å². The van der Waals surface area contributed by atoms with Crippen LogP contribution >= 0.6 is 0 Å². The molecule has 1 aliphatic rings. The van der Waals surface area contributed by atoms with Crippen molar-refractivity contribution in [3.05, 3.63) is 163 Å². The second-order valence-corrected chi connectivity index (χ2v) is 14.1. The average Bonchev–Trinajstić information content (AvgIpc) is 3.80. The average molecular weight is 654 g/mol. The van der Waals surface area contributed by atoms with Gasteiger partial charge in [-0.3, -0.25) is 0 Å². The van der Waals surface area contributed by atoms with Crippen molar-refractivity contribution in [1.82, 2.24) is 14.5 Å². The summed E-state index contributed by atoms with van der Waals surface area (Å²) in [7, 11) is 0. The molecule has 240 valence electrons. The summed E-state index contributed by atoms with van der Waals surface area (Å²) < 4.78 is 9.35. The van der Waals surface area contributed by atoms with E-state index in [1.165, 1.54) is 22.3 Å². The van der Waals surface area contributed by atoms with Crippen LogP contribution < -0.4 is 0 Å². The van der Waals surface area contributed by atoms with E-state index >= 15 is 0 Å². The van der Waals surface area contributed by atoms with E-state index in [0.717, 1.165) is 77.2 Å². The Labute approximate surface area is 294 Å². The van der Waals surface area contributed by atoms with Gasteiger partial charge in [-0.15, -0.1) is 0 Å². The van der Waals surface area contributed by atoms with Crippen LogP contribution in [0.4, 0.5) is 0 Å². The molecule has 3 heterocycles. The Hall–Kier alpha value is -6.52. The second kappa shape index (κ2) is 10.3. The number of fused-ring (bicyclic) bond motifs is 11. The lowest BCUT2D eigenvalue weighted by atomic mass is 9.82. The summed E-state index contributed by atoms with van der Waals surface area (Å²) in [6.07, 6.45) is 0. The van der Waals surface area contributed by atoms with Gasteiger partial charge >= 0.3 is 0 Å². The minimum absolute atomic E-state index is 0.109. The molecule has 4 heteroatoms. The molecular weight excluding hydrogens is 623 g/mol. The maximum atomic E-state index is 7.02. The number of nitrogens with zero attached hydrogens (tertiary/aromatic N) is 3. The van der Waals surface area contributed by atoms with Crippen LogP contribution in [0.2, 0.25) is 0 Å². The molecule has 1 aliphatic carbocycles. The van der Waals surface area contributed by atoms with Crippen LogP contribution in [-0.4, -0.2) is 14.5 Å². The minimum atomic E-state index is -0.109. The second-order valence-electron chi connectivity index (χ2n) is 14.1. The van der Waals surface area contributed by atoms with Crippen molar-refractivity contribution in [3.63, 3.8) is 0 Å². The zero-order valence-electron chi connectivity index (χ0n) is 28.2. The van der Waals surface area contributed by atoms with Crippen LogP contribution in [0.1, 0.15) is 25.0 Å². The van der Waals surface area contributed by atoms with E-state index in [4.69, 9.17) is 14.4 Å². The number of furan rings is 1. The fourth-order valence-corrected chi connectivity index (χ4v) is 8.69. The Kier molecular flexibility index (Phi) is 5.70. The molecule has 0 radical (unpaired) electrons. The van der Waals surface area contributed by atoms with E-state index in [1.807, 2.05) is 0 Å². The number of rotatable bonds is 3. The molecule has 0 N–H and O–H groups in total. The molecular formula is C47H31N3O. The molecule has 11 rings (SSSR count).